The van der Waals surface area contributed by atoms with Crippen LogP contribution < -0.4 is 0 Å². The van der Waals surface area contributed by atoms with Crippen molar-refractivity contribution in [3.8, 4) is 0 Å². The van der Waals surface area contributed by atoms with Gasteiger partial charge in [-0.1, -0.05) is 13.8 Å². The zero-order valence-corrected chi connectivity index (χ0v) is 11.0. The molecule has 0 aliphatic rings. The predicted octanol–water partition coefficient (Wildman–Crippen LogP) is 2.30. The molecule has 4 nitrogen and oxygen atoms in total. The molecule has 0 N–H and O–H groups in total. The van der Waals surface area contributed by atoms with E-state index in [0.29, 0.717) is 6.42 Å². The summed E-state index contributed by atoms with van der Waals surface area (Å²) in [6, 6.07) is 0. The van der Waals surface area contributed by atoms with Gasteiger partial charge in [-0.05, 0) is 13.3 Å². The van der Waals surface area contributed by atoms with Crippen molar-refractivity contribution >= 4 is 17.5 Å². The lowest BCUT2D eigenvalue weighted by molar-refractivity contribution is -0.181. The fourth-order valence-corrected chi connectivity index (χ4v) is 1.35. The molecule has 19 heavy (non-hydrogen) atoms. The second-order valence-corrected chi connectivity index (χ2v) is 4.15. The number of alkyl halides is 3. The Balaban J connectivity index is 5.03. The Kier molecular flexibility index (Phi) is 6.72. The topological polar surface area (TPSA) is 60.4 Å². The Morgan fingerprint density at radius 3 is 2.05 bits per heavy atom. The smallest absolute Gasteiger partial charge is 0.450 e. The van der Waals surface area contributed by atoms with E-state index in [1.54, 1.807) is 6.92 Å². The van der Waals surface area contributed by atoms with Crippen LogP contribution in [0.3, 0.4) is 0 Å². The molecule has 0 radical (unpaired) electrons. The van der Waals surface area contributed by atoms with Gasteiger partial charge in [-0.25, -0.2) is 0 Å². The molecule has 0 spiro atoms. The average Bonchev–Trinajstić information content (AvgIpc) is 2.32. The monoisotopic (exact) mass is 282 g/mol. The van der Waals surface area contributed by atoms with Crippen molar-refractivity contribution in [1.29, 1.82) is 0 Å². The van der Waals surface area contributed by atoms with Crippen molar-refractivity contribution in [2.75, 3.05) is 6.61 Å². The summed E-state index contributed by atoms with van der Waals surface area (Å²) in [6.45, 7) is 4.47. The van der Waals surface area contributed by atoms with Crippen molar-refractivity contribution in [2.45, 2.75) is 39.8 Å². The van der Waals surface area contributed by atoms with Gasteiger partial charge in [-0.15, -0.1) is 0 Å². The quantitative estimate of drug-likeness (QED) is 0.531. The highest BCUT2D eigenvalue weighted by Gasteiger charge is 2.47. The standard InChI is InChI=1S/C12H17F3O4/c1-4-7(3)9(16)6-8(11(18)19-5-2)10(17)12(13,14)15/h7-8H,4-6H2,1-3H3. The molecule has 0 aromatic heterocycles. The first-order valence-corrected chi connectivity index (χ1v) is 5.95. The molecular weight excluding hydrogens is 265 g/mol. The van der Waals surface area contributed by atoms with Crippen LogP contribution in [-0.4, -0.2) is 30.3 Å². The number of halogens is 3. The van der Waals surface area contributed by atoms with Crippen LogP contribution in [0, 0.1) is 11.8 Å². The zero-order valence-electron chi connectivity index (χ0n) is 11.0. The molecule has 2 unspecified atom stereocenters. The molecule has 0 heterocycles. The number of hydrogen-bond acceptors (Lipinski definition) is 4. The minimum Gasteiger partial charge on any atom is -0.465 e. The van der Waals surface area contributed by atoms with Crippen LogP contribution in [0.15, 0.2) is 0 Å². The molecule has 0 aliphatic carbocycles. The molecule has 0 saturated heterocycles. The molecule has 0 aromatic carbocycles. The van der Waals surface area contributed by atoms with Gasteiger partial charge in [0.05, 0.1) is 6.61 Å². The molecule has 0 rings (SSSR count). The number of ether oxygens (including phenoxy) is 1. The van der Waals surface area contributed by atoms with Crippen molar-refractivity contribution in [3.63, 3.8) is 0 Å². The van der Waals surface area contributed by atoms with Crippen LogP contribution in [0.25, 0.3) is 0 Å². The van der Waals surface area contributed by atoms with E-state index in [1.165, 1.54) is 13.8 Å². The molecular formula is C12H17F3O4. The number of carbonyl (C=O) groups excluding carboxylic acids is 3. The number of rotatable bonds is 7. The summed E-state index contributed by atoms with van der Waals surface area (Å²) in [5.74, 6) is -6.69. The number of ketones is 2. The van der Waals surface area contributed by atoms with Crippen molar-refractivity contribution < 1.29 is 32.3 Å². The van der Waals surface area contributed by atoms with E-state index in [9.17, 15) is 27.6 Å². The van der Waals surface area contributed by atoms with Crippen molar-refractivity contribution in [3.05, 3.63) is 0 Å². The minimum atomic E-state index is -5.16. The third-order valence-electron chi connectivity index (χ3n) is 2.73. The maximum Gasteiger partial charge on any atom is 0.450 e. The summed E-state index contributed by atoms with van der Waals surface area (Å²) in [5, 5.41) is 0. The highest BCUT2D eigenvalue weighted by Crippen LogP contribution is 2.25. The highest BCUT2D eigenvalue weighted by atomic mass is 19.4. The summed E-state index contributed by atoms with van der Waals surface area (Å²) < 4.78 is 41.5. The predicted molar refractivity (Wildman–Crippen MR) is 60.3 cm³/mol. The second kappa shape index (κ2) is 7.25. The minimum absolute atomic E-state index is 0.155. The number of esters is 1. The van der Waals surface area contributed by atoms with Gasteiger partial charge in [-0.2, -0.15) is 13.2 Å². The normalized spacial score (nSPS) is 14.6. The van der Waals surface area contributed by atoms with E-state index in [-0.39, 0.29) is 6.61 Å². The second-order valence-electron chi connectivity index (χ2n) is 4.15. The average molecular weight is 282 g/mol. The van der Waals surface area contributed by atoms with Crippen LogP contribution in [0.4, 0.5) is 13.2 Å². The van der Waals surface area contributed by atoms with Gasteiger partial charge in [0, 0.05) is 12.3 Å². The number of carbonyl (C=O) groups is 3. The molecule has 2 atom stereocenters. The summed E-state index contributed by atoms with van der Waals surface area (Å²) in [7, 11) is 0. The van der Waals surface area contributed by atoms with Crippen LogP contribution in [0.2, 0.25) is 0 Å². The van der Waals surface area contributed by atoms with Gasteiger partial charge < -0.3 is 4.74 Å². The molecule has 0 bridgehead atoms. The van der Waals surface area contributed by atoms with Gasteiger partial charge in [0.1, 0.15) is 11.7 Å². The number of Topliss-reactive ketones (excluding diaryl/α,β-unsaturated/α-hetero) is 2. The lowest BCUT2D eigenvalue weighted by Crippen LogP contribution is -2.38. The third-order valence-corrected chi connectivity index (χ3v) is 2.73. The van der Waals surface area contributed by atoms with Gasteiger partial charge in [0.2, 0.25) is 0 Å². The van der Waals surface area contributed by atoms with Crippen LogP contribution in [0.5, 0.6) is 0 Å². The summed E-state index contributed by atoms with van der Waals surface area (Å²) in [6.07, 6.45) is -5.51. The van der Waals surface area contributed by atoms with E-state index < -0.39 is 42.0 Å². The van der Waals surface area contributed by atoms with Crippen LogP contribution >= 0.6 is 0 Å². The molecule has 0 aromatic rings. The molecule has 0 fully saturated rings. The first kappa shape index (κ1) is 17.6. The Labute approximate surface area is 109 Å². The fraction of sp³-hybridized carbons (Fsp3) is 0.750. The number of hydrogen-bond donors (Lipinski definition) is 0. The summed E-state index contributed by atoms with van der Waals surface area (Å²) >= 11 is 0. The van der Waals surface area contributed by atoms with Gasteiger partial charge in [0.25, 0.3) is 5.78 Å². The van der Waals surface area contributed by atoms with E-state index in [1.807, 2.05) is 0 Å². The van der Waals surface area contributed by atoms with E-state index >= 15 is 0 Å². The third kappa shape index (κ3) is 5.40. The SMILES string of the molecule is CCOC(=O)C(CC(=O)C(C)CC)C(=O)C(F)(F)F. The van der Waals surface area contributed by atoms with Crippen LogP contribution in [-0.2, 0) is 19.1 Å². The molecule has 110 valence electrons. The van der Waals surface area contributed by atoms with Gasteiger partial charge >= 0.3 is 12.1 Å². The van der Waals surface area contributed by atoms with Gasteiger partial charge in [-0.3, -0.25) is 14.4 Å². The maximum absolute atomic E-state index is 12.4. The Bertz CT molecular complexity index is 349. The molecule has 0 aliphatic heterocycles. The zero-order chi connectivity index (χ0) is 15.2. The fourth-order valence-electron chi connectivity index (χ4n) is 1.35. The first-order chi connectivity index (χ1) is 8.65. The molecule has 0 amide bonds. The Morgan fingerprint density at radius 2 is 1.68 bits per heavy atom. The Morgan fingerprint density at radius 1 is 1.16 bits per heavy atom. The summed E-state index contributed by atoms with van der Waals surface area (Å²) in [4.78, 5) is 34.1. The maximum atomic E-state index is 12.4. The highest BCUT2D eigenvalue weighted by molar-refractivity contribution is 6.05. The van der Waals surface area contributed by atoms with Crippen LogP contribution in [0.1, 0.15) is 33.6 Å². The van der Waals surface area contributed by atoms with Crippen molar-refractivity contribution in [2.24, 2.45) is 11.8 Å². The lowest BCUT2D eigenvalue weighted by atomic mass is 9.91. The Hall–Kier alpha value is -1.40. The van der Waals surface area contributed by atoms with E-state index in [4.69, 9.17) is 0 Å². The molecule has 0 saturated carbocycles. The lowest BCUT2D eigenvalue weighted by Gasteiger charge is -2.17. The molecule has 7 heteroatoms. The van der Waals surface area contributed by atoms with E-state index in [2.05, 4.69) is 4.74 Å². The van der Waals surface area contributed by atoms with Crippen molar-refractivity contribution in [1.82, 2.24) is 0 Å². The first-order valence-electron chi connectivity index (χ1n) is 5.95. The summed E-state index contributed by atoms with van der Waals surface area (Å²) in [5.41, 5.74) is 0. The van der Waals surface area contributed by atoms with E-state index in [0.717, 1.165) is 0 Å². The van der Waals surface area contributed by atoms with Gasteiger partial charge in [0.15, 0.2) is 0 Å². The largest absolute Gasteiger partial charge is 0.465 e.